The summed E-state index contributed by atoms with van der Waals surface area (Å²) in [6, 6.07) is 4.72. The molecule has 0 saturated heterocycles. The summed E-state index contributed by atoms with van der Waals surface area (Å²) in [5.74, 6) is 3.35. The molecule has 0 bridgehead atoms. The molecule has 1 heteroatoms. The van der Waals surface area contributed by atoms with Gasteiger partial charge in [-0.15, -0.1) is 0 Å². The van der Waals surface area contributed by atoms with Crippen molar-refractivity contribution in [1.82, 2.24) is 0 Å². The summed E-state index contributed by atoms with van der Waals surface area (Å²) in [7, 11) is 2.53. The van der Waals surface area contributed by atoms with Gasteiger partial charge in [-0.3, -0.25) is 0 Å². The van der Waals surface area contributed by atoms with Crippen LogP contribution in [0.1, 0.15) is 84.6 Å². The van der Waals surface area contributed by atoms with E-state index in [1.807, 2.05) is 0 Å². The van der Waals surface area contributed by atoms with Gasteiger partial charge in [0.1, 0.15) is 0 Å². The first-order valence-corrected chi connectivity index (χ1v) is 8.27. The Morgan fingerprint density at radius 3 is 1.33 bits per heavy atom. The van der Waals surface area contributed by atoms with Gasteiger partial charge in [0.2, 0.25) is 0 Å². The highest BCUT2D eigenvalue weighted by atomic mass is 31.0. The minimum absolute atomic E-state index is 0.0884. The van der Waals surface area contributed by atoms with Crippen LogP contribution >= 0.6 is 9.24 Å². The molecule has 0 aromatic heterocycles. The Morgan fingerprint density at radius 2 is 1.10 bits per heavy atom. The molecule has 0 radical (unpaired) electrons. The van der Waals surface area contributed by atoms with Gasteiger partial charge in [0.15, 0.2) is 0 Å². The molecule has 0 N–H and O–H groups in total. The third-order valence-electron chi connectivity index (χ3n) is 3.82. The fraction of sp³-hybridized carbons (Fsp3) is 0.600. The molecule has 1 unspecified atom stereocenters. The fourth-order valence-corrected chi connectivity index (χ4v) is 2.61. The van der Waals surface area contributed by atoms with Crippen LogP contribution in [-0.4, -0.2) is 0 Å². The molecule has 1 aromatic rings. The molecule has 0 spiro atoms. The minimum atomic E-state index is 0.0884. The molecule has 0 fully saturated rings. The van der Waals surface area contributed by atoms with E-state index >= 15 is 0 Å². The lowest BCUT2D eigenvalue weighted by atomic mass is 9.72. The summed E-state index contributed by atoms with van der Waals surface area (Å²) >= 11 is 0. The molecule has 0 nitrogen and oxygen atoms in total. The SMILES string of the molecule is CC(C)(C)c1cc(C(C)(C)C)c(C#CP)c(C(C)(C)C)c1. The summed E-state index contributed by atoms with van der Waals surface area (Å²) in [6.07, 6.45) is 0. The van der Waals surface area contributed by atoms with Crippen molar-refractivity contribution in [2.24, 2.45) is 0 Å². The van der Waals surface area contributed by atoms with Crippen molar-refractivity contribution in [3.8, 4) is 11.6 Å². The molecule has 0 aliphatic carbocycles. The van der Waals surface area contributed by atoms with Gasteiger partial charge in [-0.05, 0) is 32.9 Å². The highest BCUT2D eigenvalue weighted by Gasteiger charge is 2.28. The summed E-state index contributed by atoms with van der Waals surface area (Å²) in [5.41, 5.74) is 8.67. The van der Waals surface area contributed by atoms with E-state index in [9.17, 15) is 0 Å². The molecule has 0 aliphatic rings. The van der Waals surface area contributed by atoms with Crippen molar-refractivity contribution in [2.75, 3.05) is 0 Å². The van der Waals surface area contributed by atoms with Crippen LogP contribution in [0.3, 0.4) is 0 Å². The molecule has 21 heavy (non-hydrogen) atoms. The van der Waals surface area contributed by atoms with Gasteiger partial charge in [-0.2, -0.15) is 0 Å². The van der Waals surface area contributed by atoms with Crippen LogP contribution in [0.25, 0.3) is 0 Å². The zero-order valence-electron chi connectivity index (χ0n) is 15.2. The van der Waals surface area contributed by atoms with Gasteiger partial charge in [-0.1, -0.05) is 95.3 Å². The van der Waals surface area contributed by atoms with Gasteiger partial charge in [0.05, 0.1) is 0 Å². The van der Waals surface area contributed by atoms with E-state index < -0.39 is 0 Å². The van der Waals surface area contributed by atoms with Gasteiger partial charge in [-0.25, -0.2) is 0 Å². The van der Waals surface area contributed by atoms with Crippen LogP contribution in [0.4, 0.5) is 0 Å². The summed E-state index contributed by atoms with van der Waals surface area (Å²) in [5, 5.41) is 0. The van der Waals surface area contributed by atoms with Crippen LogP contribution in [0.5, 0.6) is 0 Å². The van der Waals surface area contributed by atoms with E-state index in [0.717, 1.165) is 0 Å². The highest BCUT2D eigenvalue weighted by molar-refractivity contribution is 7.23. The molecular weight excluding hydrogens is 271 g/mol. The summed E-state index contributed by atoms with van der Waals surface area (Å²) in [4.78, 5) is 0. The van der Waals surface area contributed by atoms with E-state index in [4.69, 9.17) is 0 Å². The van der Waals surface area contributed by atoms with Gasteiger partial charge >= 0.3 is 0 Å². The third-order valence-corrected chi connectivity index (χ3v) is 3.96. The van der Waals surface area contributed by atoms with Gasteiger partial charge in [0, 0.05) is 5.56 Å². The topological polar surface area (TPSA) is 0 Å². The predicted molar refractivity (Wildman–Crippen MR) is 99.1 cm³/mol. The molecular formula is C20H31P. The van der Waals surface area contributed by atoms with Crippen molar-refractivity contribution in [1.29, 1.82) is 0 Å². The standard InChI is InChI=1S/C20H31P/c1-18(2,3)14-12-16(19(4,5)6)15(10-11-21)17(13-14)20(7,8)9/h12-13H,21H2,1-9H3. The van der Waals surface area contributed by atoms with E-state index in [2.05, 4.69) is 95.3 Å². The second-order valence-corrected chi connectivity index (χ2v) is 9.25. The maximum Gasteiger partial charge on any atom is 0.0323 e. The number of hydrogen-bond acceptors (Lipinski definition) is 0. The average Bonchev–Trinajstić information content (AvgIpc) is 2.24. The monoisotopic (exact) mass is 302 g/mol. The quantitative estimate of drug-likeness (QED) is 0.422. The molecule has 0 saturated carbocycles. The van der Waals surface area contributed by atoms with E-state index in [-0.39, 0.29) is 16.2 Å². The normalized spacial score (nSPS) is 12.9. The lowest BCUT2D eigenvalue weighted by Gasteiger charge is -2.32. The minimum Gasteiger partial charge on any atom is -0.0780 e. The van der Waals surface area contributed by atoms with Crippen molar-refractivity contribution in [3.63, 3.8) is 0 Å². The van der Waals surface area contributed by atoms with Gasteiger partial charge < -0.3 is 0 Å². The Morgan fingerprint density at radius 1 is 0.714 bits per heavy atom. The number of benzene rings is 1. The van der Waals surface area contributed by atoms with Crippen molar-refractivity contribution in [2.45, 2.75) is 78.6 Å². The molecule has 0 aliphatic heterocycles. The summed E-state index contributed by atoms with van der Waals surface area (Å²) < 4.78 is 0. The van der Waals surface area contributed by atoms with Crippen molar-refractivity contribution >= 4 is 9.24 Å². The lowest BCUT2D eigenvalue weighted by molar-refractivity contribution is 0.546. The van der Waals surface area contributed by atoms with Crippen LogP contribution in [0.2, 0.25) is 0 Å². The third kappa shape index (κ3) is 4.34. The second kappa shape index (κ2) is 5.78. The van der Waals surface area contributed by atoms with Crippen molar-refractivity contribution < 1.29 is 0 Å². The van der Waals surface area contributed by atoms with Crippen LogP contribution in [0.15, 0.2) is 12.1 Å². The highest BCUT2D eigenvalue weighted by Crippen LogP contribution is 2.37. The average molecular weight is 302 g/mol. The van der Waals surface area contributed by atoms with Gasteiger partial charge in [0.25, 0.3) is 0 Å². The first kappa shape index (κ1) is 18.3. The first-order valence-electron chi connectivity index (χ1n) is 7.69. The lowest BCUT2D eigenvalue weighted by Crippen LogP contribution is -2.23. The number of hydrogen-bond donors (Lipinski definition) is 0. The maximum atomic E-state index is 3.35. The molecule has 0 amide bonds. The second-order valence-electron chi connectivity index (χ2n) is 8.97. The molecule has 0 heterocycles. The fourth-order valence-electron chi connectivity index (χ4n) is 2.46. The Hall–Kier alpha value is -0.790. The Kier molecular flexibility index (Phi) is 5.02. The maximum absolute atomic E-state index is 3.35. The predicted octanol–water partition coefficient (Wildman–Crippen LogP) is 5.76. The van der Waals surface area contributed by atoms with Crippen LogP contribution in [0, 0.1) is 11.6 Å². The van der Waals surface area contributed by atoms with E-state index in [1.54, 1.807) is 0 Å². The number of rotatable bonds is 0. The molecule has 116 valence electrons. The molecule has 1 rings (SSSR count). The van der Waals surface area contributed by atoms with E-state index in [0.29, 0.717) is 0 Å². The Bertz CT molecular complexity index is 540. The molecule has 1 aromatic carbocycles. The zero-order valence-corrected chi connectivity index (χ0v) is 16.4. The smallest absolute Gasteiger partial charge is 0.0323 e. The van der Waals surface area contributed by atoms with Crippen LogP contribution < -0.4 is 0 Å². The van der Waals surface area contributed by atoms with Crippen molar-refractivity contribution in [3.05, 3.63) is 34.4 Å². The first-order chi connectivity index (χ1) is 9.28. The zero-order chi connectivity index (χ0) is 16.6. The summed E-state index contributed by atoms with van der Waals surface area (Å²) in [6.45, 7) is 20.5. The van der Waals surface area contributed by atoms with Crippen LogP contribution in [-0.2, 0) is 16.2 Å². The molecule has 1 atom stereocenters. The van der Waals surface area contributed by atoms with E-state index in [1.165, 1.54) is 22.3 Å². The largest absolute Gasteiger partial charge is 0.0780 e. The Labute approximate surface area is 134 Å². The Balaban J connectivity index is 3.87.